The van der Waals surface area contributed by atoms with Gasteiger partial charge in [0.25, 0.3) is 5.91 Å². The van der Waals surface area contributed by atoms with E-state index in [4.69, 9.17) is 9.26 Å². The lowest BCUT2D eigenvalue weighted by Gasteiger charge is -2.38. The van der Waals surface area contributed by atoms with Crippen molar-refractivity contribution in [3.05, 3.63) is 35.2 Å². The average Bonchev–Trinajstić information content (AvgIpc) is 3.68. The first-order chi connectivity index (χ1) is 17.6. The number of aryl methyl sites for hydroxylation is 2. The van der Waals surface area contributed by atoms with Gasteiger partial charge in [0, 0.05) is 25.4 Å². The Labute approximate surface area is 216 Å². The molecule has 0 radical (unpaired) electrons. The Bertz CT molecular complexity index is 1160. The van der Waals surface area contributed by atoms with Crippen molar-refractivity contribution in [3.8, 4) is 5.75 Å². The number of rotatable bonds is 7. The van der Waals surface area contributed by atoms with Crippen molar-refractivity contribution in [1.29, 1.82) is 0 Å². The Kier molecular flexibility index (Phi) is 7.72. The molecule has 2 aliphatic rings. The first kappa shape index (κ1) is 26.5. The number of hydrogen-bond donors (Lipinski definition) is 3. The molecule has 2 heterocycles. The molecule has 4 rings (SSSR count). The van der Waals surface area contributed by atoms with E-state index >= 15 is 0 Å². The molecular weight excluding hydrogens is 478 g/mol. The second-order valence-corrected chi connectivity index (χ2v) is 10.1. The number of amides is 4. The molecule has 2 aromatic rings. The van der Waals surface area contributed by atoms with Crippen LogP contribution in [0.25, 0.3) is 0 Å². The number of nitrogens with one attached hydrogen (secondary N) is 2. The average molecular weight is 514 g/mol. The first-order valence-electron chi connectivity index (χ1n) is 12.6. The molecule has 0 saturated heterocycles. The van der Waals surface area contributed by atoms with Gasteiger partial charge in [0.2, 0.25) is 5.91 Å². The number of ether oxygens (including phenoxy) is 1. The van der Waals surface area contributed by atoms with Gasteiger partial charge in [-0.15, -0.1) is 0 Å². The smallest absolute Gasteiger partial charge is 0.321 e. The van der Waals surface area contributed by atoms with Crippen molar-refractivity contribution in [2.45, 2.75) is 52.7 Å². The summed E-state index contributed by atoms with van der Waals surface area (Å²) in [5.41, 5.74) is 1.81. The molecule has 1 aromatic heterocycles. The molecule has 3 N–H and O–H groups in total. The molecule has 0 unspecified atom stereocenters. The number of carbonyl (C=O) groups excluding carboxylic acids is 3. The van der Waals surface area contributed by atoms with Crippen LogP contribution in [0.5, 0.6) is 5.75 Å². The van der Waals surface area contributed by atoms with Gasteiger partial charge in [0.05, 0.1) is 30.4 Å². The zero-order valence-electron chi connectivity index (χ0n) is 21.9. The zero-order valence-corrected chi connectivity index (χ0v) is 21.9. The summed E-state index contributed by atoms with van der Waals surface area (Å²) in [5.74, 6) is 0.161. The van der Waals surface area contributed by atoms with Crippen molar-refractivity contribution < 1.29 is 28.8 Å². The van der Waals surface area contributed by atoms with E-state index in [1.807, 2.05) is 6.92 Å². The summed E-state index contributed by atoms with van der Waals surface area (Å²) in [7, 11) is 1.66. The first-order valence-corrected chi connectivity index (χ1v) is 12.6. The normalized spacial score (nSPS) is 20.3. The molecule has 200 valence electrons. The van der Waals surface area contributed by atoms with Gasteiger partial charge in [-0.25, -0.2) is 4.79 Å². The van der Waals surface area contributed by atoms with Crippen molar-refractivity contribution in [3.63, 3.8) is 0 Å². The maximum absolute atomic E-state index is 13.5. The van der Waals surface area contributed by atoms with Crippen LogP contribution in [0.1, 0.15) is 48.5 Å². The van der Waals surface area contributed by atoms with Gasteiger partial charge in [-0.05, 0) is 45.7 Å². The molecule has 3 atom stereocenters. The van der Waals surface area contributed by atoms with Crippen LogP contribution < -0.4 is 15.4 Å². The summed E-state index contributed by atoms with van der Waals surface area (Å²) >= 11 is 0. The van der Waals surface area contributed by atoms with Crippen molar-refractivity contribution in [1.82, 2.24) is 15.0 Å². The molecule has 1 aromatic carbocycles. The fourth-order valence-corrected chi connectivity index (χ4v) is 4.36. The van der Waals surface area contributed by atoms with E-state index in [9.17, 15) is 19.5 Å². The van der Waals surface area contributed by atoms with Gasteiger partial charge in [0.1, 0.15) is 17.5 Å². The standard InChI is InChI=1S/C26H35N5O6/c1-14-11-31(15(2)13-32)25(34)19-7-6-8-20(27-24(33)18-9-10-18)23(19)36-21(14)12-30(5)26(35)28-22-16(3)29-37-17(22)4/h6-8,14-15,18,21,32H,9-13H2,1-5H3,(H,27,33)(H,28,35)/t14-,15+,21+/m0/s1. The summed E-state index contributed by atoms with van der Waals surface area (Å²) in [6.45, 7) is 7.51. The zero-order chi connectivity index (χ0) is 26.9. The number of urea groups is 1. The van der Waals surface area contributed by atoms with Gasteiger partial charge >= 0.3 is 6.03 Å². The minimum Gasteiger partial charge on any atom is -0.485 e. The number of aromatic nitrogens is 1. The summed E-state index contributed by atoms with van der Waals surface area (Å²) in [6.07, 6.45) is 1.17. The van der Waals surface area contributed by atoms with E-state index in [0.717, 1.165) is 12.8 Å². The Balaban J connectivity index is 1.63. The third-order valence-corrected chi connectivity index (χ3v) is 6.96. The van der Waals surface area contributed by atoms with Gasteiger partial charge in [-0.1, -0.05) is 18.1 Å². The fourth-order valence-electron chi connectivity index (χ4n) is 4.36. The highest BCUT2D eigenvalue weighted by molar-refractivity contribution is 6.02. The number of benzene rings is 1. The van der Waals surface area contributed by atoms with Gasteiger partial charge < -0.3 is 34.8 Å². The molecular formula is C26H35N5O6. The van der Waals surface area contributed by atoms with Gasteiger partial charge in [-0.3, -0.25) is 9.59 Å². The number of anilines is 2. The molecule has 0 bridgehead atoms. The van der Waals surface area contributed by atoms with Crippen LogP contribution in [-0.4, -0.2) is 76.8 Å². The molecule has 11 nitrogen and oxygen atoms in total. The number of para-hydroxylation sites is 1. The van der Waals surface area contributed by atoms with Crippen LogP contribution in [-0.2, 0) is 4.79 Å². The Morgan fingerprint density at radius 1 is 1.27 bits per heavy atom. The number of hydrogen-bond acceptors (Lipinski definition) is 7. The van der Waals surface area contributed by atoms with Crippen LogP contribution in [0, 0.1) is 25.7 Å². The molecule has 1 aliphatic carbocycles. The fraction of sp³-hybridized carbons (Fsp3) is 0.538. The van der Waals surface area contributed by atoms with Crippen LogP contribution in [0.3, 0.4) is 0 Å². The third-order valence-electron chi connectivity index (χ3n) is 6.96. The maximum atomic E-state index is 13.5. The summed E-state index contributed by atoms with van der Waals surface area (Å²) < 4.78 is 11.6. The van der Waals surface area contributed by atoms with E-state index in [0.29, 0.717) is 34.9 Å². The van der Waals surface area contributed by atoms with Crippen LogP contribution in [0.2, 0.25) is 0 Å². The summed E-state index contributed by atoms with van der Waals surface area (Å²) in [4.78, 5) is 42.2. The lowest BCUT2D eigenvalue weighted by molar-refractivity contribution is -0.117. The SMILES string of the molecule is Cc1noc(C)c1NC(=O)N(C)C[C@H]1Oc2c(NC(=O)C3CC3)cccc2C(=O)N([C@H](C)CO)C[C@@H]1C. The highest BCUT2D eigenvalue weighted by atomic mass is 16.5. The molecule has 11 heteroatoms. The number of fused-ring (bicyclic) bond motifs is 1. The number of aliphatic hydroxyl groups is 1. The molecule has 37 heavy (non-hydrogen) atoms. The third kappa shape index (κ3) is 5.71. The minimum absolute atomic E-state index is 0.0279. The predicted molar refractivity (Wildman–Crippen MR) is 137 cm³/mol. The van der Waals surface area contributed by atoms with Gasteiger partial charge in [0.15, 0.2) is 11.5 Å². The van der Waals surface area contributed by atoms with Crippen molar-refractivity contribution in [2.75, 3.05) is 37.4 Å². The van der Waals surface area contributed by atoms with Crippen LogP contribution in [0.4, 0.5) is 16.2 Å². The van der Waals surface area contributed by atoms with E-state index < -0.39 is 12.1 Å². The number of likely N-dealkylation sites (N-methyl/N-ethyl adjacent to an activating group) is 1. The quantitative estimate of drug-likeness (QED) is 0.517. The molecule has 4 amide bonds. The molecule has 1 fully saturated rings. The molecule has 1 saturated carbocycles. The molecule has 0 spiro atoms. The largest absolute Gasteiger partial charge is 0.485 e. The second kappa shape index (κ2) is 10.8. The lowest BCUT2D eigenvalue weighted by Crippen LogP contribution is -2.50. The predicted octanol–water partition coefficient (Wildman–Crippen LogP) is 3.02. The van der Waals surface area contributed by atoms with E-state index in [-0.39, 0.29) is 48.6 Å². The van der Waals surface area contributed by atoms with E-state index in [1.54, 1.807) is 50.9 Å². The lowest BCUT2D eigenvalue weighted by atomic mass is 9.99. The monoisotopic (exact) mass is 513 g/mol. The molecule has 1 aliphatic heterocycles. The highest BCUT2D eigenvalue weighted by Crippen LogP contribution is 2.37. The summed E-state index contributed by atoms with van der Waals surface area (Å²) in [6, 6.07) is 4.28. The maximum Gasteiger partial charge on any atom is 0.321 e. The summed E-state index contributed by atoms with van der Waals surface area (Å²) in [5, 5.41) is 19.5. The van der Waals surface area contributed by atoms with Gasteiger partial charge in [-0.2, -0.15) is 0 Å². The number of aliphatic hydroxyl groups excluding tert-OH is 1. The van der Waals surface area contributed by atoms with Crippen molar-refractivity contribution >= 4 is 29.2 Å². The highest BCUT2D eigenvalue weighted by Gasteiger charge is 2.36. The topological polar surface area (TPSA) is 137 Å². The van der Waals surface area contributed by atoms with Crippen LogP contribution in [0.15, 0.2) is 22.7 Å². The second-order valence-electron chi connectivity index (χ2n) is 10.1. The van der Waals surface area contributed by atoms with E-state index in [1.165, 1.54) is 4.90 Å². The Morgan fingerprint density at radius 3 is 2.62 bits per heavy atom. The number of nitrogens with zero attached hydrogens (tertiary/aromatic N) is 3. The Morgan fingerprint density at radius 2 is 2.00 bits per heavy atom. The number of carbonyl (C=O) groups is 3. The Hall–Kier alpha value is -3.60. The van der Waals surface area contributed by atoms with Crippen LogP contribution >= 0.6 is 0 Å². The van der Waals surface area contributed by atoms with Crippen molar-refractivity contribution in [2.24, 2.45) is 11.8 Å². The van der Waals surface area contributed by atoms with E-state index in [2.05, 4.69) is 15.8 Å². The minimum atomic E-state index is -0.514.